The van der Waals surface area contributed by atoms with E-state index in [1.807, 2.05) is 24.3 Å². The summed E-state index contributed by atoms with van der Waals surface area (Å²) in [6.45, 7) is 10.1. The molecule has 158 valence electrons. The molecule has 1 aliphatic rings. The first kappa shape index (κ1) is 24.2. The number of ether oxygens (including phenoxy) is 2. The first-order valence-corrected chi connectivity index (χ1v) is 10.4. The third-order valence-corrected chi connectivity index (χ3v) is 5.44. The van der Waals surface area contributed by atoms with Crippen LogP contribution in [0.4, 0.5) is 0 Å². The molecule has 0 aromatic carbocycles. The van der Waals surface area contributed by atoms with Crippen LogP contribution in [0.25, 0.3) is 0 Å². The summed E-state index contributed by atoms with van der Waals surface area (Å²) in [6.07, 6.45) is 13.1. The Kier molecular flexibility index (Phi) is 10.8. The van der Waals surface area contributed by atoms with Crippen LogP contribution in [0.5, 0.6) is 0 Å². The molecule has 0 radical (unpaired) electrons. The highest BCUT2D eigenvalue weighted by Crippen LogP contribution is 2.49. The third kappa shape index (κ3) is 6.33. The molecule has 3 atom stereocenters. The van der Waals surface area contributed by atoms with Crippen LogP contribution >= 0.6 is 0 Å². The maximum absolute atomic E-state index is 12.8. The van der Waals surface area contributed by atoms with Crippen LogP contribution < -0.4 is 0 Å². The van der Waals surface area contributed by atoms with Gasteiger partial charge < -0.3 is 14.6 Å². The Balaban J connectivity index is 3.14. The van der Waals surface area contributed by atoms with Crippen molar-refractivity contribution in [1.29, 1.82) is 0 Å². The van der Waals surface area contributed by atoms with E-state index in [-0.39, 0.29) is 31.7 Å². The summed E-state index contributed by atoms with van der Waals surface area (Å²) in [4.78, 5) is 25.7. The zero-order chi connectivity index (χ0) is 21.0. The molecule has 0 heterocycles. The van der Waals surface area contributed by atoms with Crippen molar-refractivity contribution in [2.24, 2.45) is 23.2 Å². The van der Waals surface area contributed by atoms with Crippen molar-refractivity contribution < 1.29 is 24.2 Å². The number of unbranched alkanes of at least 4 members (excludes halogenated alkanes) is 1. The highest BCUT2D eigenvalue weighted by molar-refractivity contribution is 6.00. The normalized spacial score (nSPS) is 24.4. The van der Waals surface area contributed by atoms with Crippen molar-refractivity contribution >= 4 is 11.9 Å². The number of esters is 2. The van der Waals surface area contributed by atoms with Crippen molar-refractivity contribution in [1.82, 2.24) is 0 Å². The lowest BCUT2D eigenvalue weighted by molar-refractivity contribution is -0.178. The van der Waals surface area contributed by atoms with Crippen LogP contribution in [0.15, 0.2) is 37.0 Å². The summed E-state index contributed by atoms with van der Waals surface area (Å²) in [5.41, 5.74) is -1.25. The van der Waals surface area contributed by atoms with Gasteiger partial charge in [0.05, 0.1) is 13.2 Å². The van der Waals surface area contributed by atoms with Crippen molar-refractivity contribution in [2.75, 3.05) is 19.8 Å². The molecule has 5 nitrogen and oxygen atoms in total. The molecule has 5 heteroatoms. The summed E-state index contributed by atoms with van der Waals surface area (Å²) >= 11 is 0. The maximum atomic E-state index is 12.8. The minimum Gasteiger partial charge on any atom is -0.465 e. The Bertz CT molecular complexity index is 545. The smallest absolute Gasteiger partial charge is 0.323 e. The summed E-state index contributed by atoms with van der Waals surface area (Å²) in [5, 5.41) is 8.85. The predicted octanol–water partition coefficient (Wildman–Crippen LogP) is 4.22. The fraction of sp³-hybridized carbons (Fsp3) is 0.652. The lowest BCUT2D eigenvalue weighted by Gasteiger charge is -2.44. The SMILES string of the molecule is C=CCC1C(C)CC(C(=O)OCC)(C(=O)OCC)CC1/C=C/C=C/CCCO. The number of rotatable bonds is 11. The second-order valence-electron chi connectivity index (χ2n) is 7.44. The molecule has 0 aromatic rings. The van der Waals surface area contributed by atoms with E-state index in [1.165, 1.54) is 0 Å². The number of allylic oxidation sites excluding steroid dienone is 5. The van der Waals surface area contributed by atoms with Crippen LogP contribution in [0.2, 0.25) is 0 Å². The highest BCUT2D eigenvalue weighted by atomic mass is 16.6. The molecule has 0 bridgehead atoms. The summed E-state index contributed by atoms with van der Waals surface area (Å²) in [6, 6.07) is 0. The van der Waals surface area contributed by atoms with Gasteiger partial charge in [-0.25, -0.2) is 0 Å². The molecule has 28 heavy (non-hydrogen) atoms. The molecule has 3 unspecified atom stereocenters. The lowest BCUT2D eigenvalue weighted by atomic mass is 9.60. The van der Waals surface area contributed by atoms with E-state index in [4.69, 9.17) is 14.6 Å². The molecule has 1 aliphatic carbocycles. The van der Waals surface area contributed by atoms with Gasteiger partial charge in [0.1, 0.15) is 0 Å². The Morgan fingerprint density at radius 2 is 1.79 bits per heavy atom. The summed E-state index contributed by atoms with van der Waals surface area (Å²) < 4.78 is 10.6. The van der Waals surface area contributed by atoms with E-state index in [9.17, 15) is 9.59 Å². The standard InChI is InChI=1S/C23H36O5/c1-5-13-20-18(4)16-23(21(25)27-6-2,22(26)28-7-3)17-19(20)14-11-9-8-10-12-15-24/h5,8-9,11,14,18-20,24H,1,6-7,10,12-13,15-17H2,2-4H3/b9-8+,14-11+. The average molecular weight is 393 g/mol. The Hall–Kier alpha value is -1.88. The number of aliphatic hydroxyl groups is 1. The minimum atomic E-state index is -1.25. The van der Waals surface area contributed by atoms with Gasteiger partial charge in [-0.05, 0) is 63.7 Å². The van der Waals surface area contributed by atoms with Crippen LogP contribution in [0.3, 0.4) is 0 Å². The molecule has 1 rings (SSSR count). The number of carbonyl (C=O) groups is 2. The van der Waals surface area contributed by atoms with E-state index in [0.29, 0.717) is 18.8 Å². The molecule has 0 aliphatic heterocycles. The van der Waals surface area contributed by atoms with Gasteiger partial charge in [0.2, 0.25) is 0 Å². The van der Waals surface area contributed by atoms with Crippen LogP contribution in [-0.4, -0.2) is 36.9 Å². The molecule has 1 saturated carbocycles. The quantitative estimate of drug-likeness (QED) is 0.187. The van der Waals surface area contributed by atoms with Crippen molar-refractivity contribution in [2.45, 2.75) is 52.9 Å². The summed E-state index contributed by atoms with van der Waals surface area (Å²) in [7, 11) is 0. The third-order valence-electron chi connectivity index (χ3n) is 5.44. The van der Waals surface area contributed by atoms with Crippen molar-refractivity contribution in [3.63, 3.8) is 0 Å². The van der Waals surface area contributed by atoms with E-state index in [1.54, 1.807) is 13.8 Å². The van der Waals surface area contributed by atoms with Crippen LogP contribution in [-0.2, 0) is 19.1 Å². The van der Waals surface area contributed by atoms with Gasteiger partial charge in [0.15, 0.2) is 5.41 Å². The van der Waals surface area contributed by atoms with Crippen molar-refractivity contribution in [3.05, 3.63) is 37.0 Å². The zero-order valence-corrected chi connectivity index (χ0v) is 17.6. The van der Waals surface area contributed by atoms with Crippen LogP contribution in [0.1, 0.15) is 52.9 Å². The molecule has 0 spiro atoms. The van der Waals surface area contributed by atoms with Gasteiger partial charge in [0.25, 0.3) is 0 Å². The molecule has 0 aromatic heterocycles. The lowest BCUT2D eigenvalue weighted by Crippen LogP contribution is -2.49. The van der Waals surface area contributed by atoms with Gasteiger partial charge in [-0.15, -0.1) is 6.58 Å². The fourth-order valence-corrected chi connectivity index (χ4v) is 4.12. The number of carbonyl (C=O) groups excluding carboxylic acids is 2. The van der Waals surface area contributed by atoms with Crippen LogP contribution in [0, 0.1) is 23.2 Å². The Labute approximate surface area is 169 Å². The van der Waals surface area contributed by atoms with Gasteiger partial charge in [-0.1, -0.05) is 37.3 Å². The minimum absolute atomic E-state index is 0.0399. The van der Waals surface area contributed by atoms with E-state index in [2.05, 4.69) is 19.6 Å². The predicted molar refractivity (Wildman–Crippen MR) is 110 cm³/mol. The Morgan fingerprint density at radius 1 is 1.14 bits per heavy atom. The van der Waals surface area contributed by atoms with Gasteiger partial charge in [-0.2, -0.15) is 0 Å². The van der Waals surface area contributed by atoms with E-state index < -0.39 is 17.4 Å². The van der Waals surface area contributed by atoms with Crippen molar-refractivity contribution in [3.8, 4) is 0 Å². The second kappa shape index (κ2) is 12.6. The molecular weight excluding hydrogens is 356 g/mol. The summed E-state index contributed by atoms with van der Waals surface area (Å²) in [5.74, 6) is -0.466. The first-order chi connectivity index (χ1) is 13.5. The average Bonchev–Trinajstić information content (AvgIpc) is 2.67. The molecule has 1 fully saturated rings. The zero-order valence-electron chi connectivity index (χ0n) is 17.6. The second-order valence-corrected chi connectivity index (χ2v) is 7.44. The van der Waals surface area contributed by atoms with Gasteiger partial charge >= 0.3 is 11.9 Å². The van der Waals surface area contributed by atoms with Gasteiger partial charge in [0, 0.05) is 6.61 Å². The van der Waals surface area contributed by atoms with E-state index in [0.717, 1.165) is 19.3 Å². The monoisotopic (exact) mass is 392 g/mol. The topological polar surface area (TPSA) is 72.8 Å². The highest BCUT2D eigenvalue weighted by Gasteiger charge is 2.55. The molecule has 0 amide bonds. The number of hydrogen-bond acceptors (Lipinski definition) is 5. The van der Waals surface area contributed by atoms with E-state index >= 15 is 0 Å². The first-order valence-electron chi connectivity index (χ1n) is 10.4. The molecule has 0 saturated heterocycles. The Morgan fingerprint density at radius 3 is 2.32 bits per heavy atom. The molecular formula is C23H36O5. The maximum Gasteiger partial charge on any atom is 0.323 e. The number of hydrogen-bond donors (Lipinski definition) is 1. The fourth-order valence-electron chi connectivity index (χ4n) is 4.12. The van der Waals surface area contributed by atoms with Gasteiger partial charge in [-0.3, -0.25) is 9.59 Å². The molecule has 1 N–H and O–H groups in total. The number of aliphatic hydroxyl groups excluding tert-OH is 1. The largest absolute Gasteiger partial charge is 0.465 e.